The van der Waals surface area contributed by atoms with Crippen LogP contribution in [0.15, 0.2) is 24.3 Å². The molecular weight excluding hydrogens is 256 g/mol. The molecule has 5 nitrogen and oxygen atoms in total. The molecular formula is C15H18N2O3. The lowest BCUT2D eigenvalue weighted by atomic mass is 10.1. The van der Waals surface area contributed by atoms with Crippen LogP contribution in [0, 0.1) is 6.92 Å². The molecule has 1 aromatic rings. The average molecular weight is 274 g/mol. The number of nitrogens with zero attached hydrogens (tertiary/aromatic N) is 2. The third kappa shape index (κ3) is 2.59. The quantitative estimate of drug-likeness (QED) is 0.463. The molecule has 2 fully saturated rings. The van der Waals surface area contributed by atoms with Crippen molar-refractivity contribution in [2.24, 2.45) is 0 Å². The molecule has 1 amide bonds. The molecule has 0 spiro atoms. The van der Waals surface area contributed by atoms with Crippen LogP contribution in [0.5, 0.6) is 0 Å². The van der Waals surface area contributed by atoms with E-state index < -0.39 is 5.91 Å². The first-order chi connectivity index (χ1) is 9.69. The molecule has 2 atom stereocenters. The Morgan fingerprint density at radius 2 is 1.85 bits per heavy atom. The summed E-state index contributed by atoms with van der Waals surface area (Å²) in [5, 5.41) is 0. The molecule has 0 N–H and O–H groups in total. The van der Waals surface area contributed by atoms with Crippen molar-refractivity contribution >= 4 is 12.2 Å². The minimum absolute atomic E-state index is 0.117. The van der Waals surface area contributed by atoms with Gasteiger partial charge in [-0.05, 0) is 12.5 Å². The molecule has 2 saturated heterocycles. The highest BCUT2D eigenvalue weighted by Crippen LogP contribution is 2.41. The first-order valence-electron chi connectivity index (χ1n) is 6.89. The summed E-state index contributed by atoms with van der Waals surface area (Å²) in [6.45, 7) is 4.77. The Labute approximate surface area is 118 Å². The molecule has 20 heavy (non-hydrogen) atoms. The predicted molar refractivity (Wildman–Crippen MR) is 73.0 cm³/mol. The summed E-state index contributed by atoms with van der Waals surface area (Å²) in [6, 6.07) is 8.39. The molecule has 0 aromatic heterocycles. The Morgan fingerprint density at radius 3 is 2.45 bits per heavy atom. The second-order valence-electron chi connectivity index (χ2n) is 5.34. The second kappa shape index (κ2) is 5.34. The molecule has 0 saturated carbocycles. The zero-order valence-corrected chi connectivity index (χ0v) is 11.5. The van der Waals surface area contributed by atoms with Crippen LogP contribution in [0.1, 0.15) is 17.2 Å². The van der Waals surface area contributed by atoms with Crippen LogP contribution in [0.2, 0.25) is 0 Å². The maximum atomic E-state index is 11.3. The Morgan fingerprint density at radius 1 is 1.20 bits per heavy atom. The van der Waals surface area contributed by atoms with E-state index >= 15 is 0 Å². The van der Waals surface area contributed by atoms with Gasteiger partial charge in [-0.15, -0.1) is 0 Å². The number of hydrogen-bond donors (Lipinski definition) is 0. The van der Waals surface area contributed by atoms with E-state index in [1.165, 1.54) is 11.1 Å². The van der Waals surface area contributed by atoms with Crippen LogP contribution in [0.25, 0.3) is 0 Å². The van der Waals surface area contributed by atoms with Gasteiger partial charge in [0.2, 0.25) is 6.29 Å². The normalized spacial score (nSPS) is 26.4. The third-order valence-corrected chi connectivity index (χ3v) is 3.96. The van der Waals surface area contributed by atoms with Gasteiger partial charge in [0.1, 0.15) is 12.3 Å². The smallest absolute Gasteiger partial charge is 0.286 e. The number of epoxide rings is 1. The highest BCUT2D eigenvalue weighted by molar-refractivity contribution is 6.23. The monoisotopic (exact) mass is 274 g/mol. The fourth-order valence-corrected chi connectivity index (χ4v) is 2.65. The van der Waals surface area contributed by atoms with E-state index in [2.05, 4.69) is 36.1 Å². The minimum atomic E-state index is -0.420. The predicted octanol–water partition coefficient (Wildman–Crippen LogP) is 0.736. The van der Waals surface area contributed by atoms with Gasteiger partial charge in [-0.3, -0.25) is 14.5 Å². The zero-order valence-electron chi connectivity index (χ0n) is 11.5. The summed E-state index contributed by atoms with van der Waals surface area (Å²) in [5.74, 6) is -0.420. The number of rotatable bonds is 3. The SMILES string of the molecule is Cc1ccc(C2OC2N2CCN(C(=O)C=O)CC2)cc1. The Kier molecular flexibility index (Phi) is 3.54. The van der Waals surface area contributed by atoms with E-state index in [4.69, 9.17) is 4.74 Å². The fraction of sp³-hybridized carbons (Fsp3) is 0.467. The van der Waals surface area contributed by atoms with E-state index in [1.807, 2.05) is 0 Å². The first-order valence-corrected chi connectivity index (χ1v) is 6.89. The molecule has 2 heterocycles. The summed E-state index contributed by atoms with van der Waals surface area (Å²) >= 11 is 0. The molecule has 3 rings (SSSR count). The minimum Gasteiger partial charge on any atom is -0.348 e. The molecule has 0 aliphatic carbocycles. The van der Waals surface area contributed by atoms with Gasteiger partial charge in [-0.1, -0.05) is 29.8 Å². The number of ether oxygens (including phenoxy) is 1. The topological polar surface area (TPSA) is 53.1 Å². The third-order valence-electron chi connectivity index (χ3n) is 3.96. The van der Waals surface area contributed by atoms with Crippen molar-refractivity contribution in [3.05, 3.63) is 35.4 Å². The molecule has 2 aliphatic heterocycles. The van der Waals surface area contributed by atoms with Gasteiger partial charge in [0.05, 0.1) is 0 Å². The zero-order chi connectivity index (χ0) is 14.1. The number of piperazine rings is 1. The van der Waals surface area contributed by atoms with Crippen molar-refractivity contribution < 1.29 is 14.3 Å². The molecule has 0 radical (unpaired) electrons. The lowest BCUT2D eigenvalue weighted by molar-refractivity contribution is -0.140. The van der Waals surface area contributed by atoms with Crippen molar-refractivity contribution in [3.63, 3.8) is 0 Å². The maximum absolute atomic E-state index is 11.3. The number of aldehydes is 1. The van der Waals surface area contributed by atoms with E-state index in [1.54, 1.807) is 4.90 Å². The van der Waals surface area contributed by atoms with Crippen LogP contribution < -0.4 is 0 Å². The summed E-state index contributed by atoms with van der Waals surface area (Å²) in [6.07, 6.45) is 0.647. The number of benzene rings is 1. The summed E-state index contributed by atoms with van der Waals surface area (Å²) in [4.78, 5) is 25.6. The van der Waals surface area contributed by atoms with Gasteiger partial charge in [-0.25, -0.2) is 0 Å². The average Bonchev–Trinajstić information content (AvgIpc) is 3.28. The van der Waals surface area contributed by atoms with Crippen LogP contribution in [-0.4, -0.2) is 54.4 Å². The van der Waals surface area contributed by atoms with Gasteiger partial charge >= 0.3 is 0 Å². The van der Waals surface area contributed by atoms with Crippen LogP contribution in [0.4, 0.5) is 0 Å². The molecule has 5 heteroatoms. The second-order valence-corrected chi connectivity index (χ2v) is 5.34. The highest BCUT2D eigenvalue weighted by atomic mass is 16.6. The lowest BCUT2D eigenvalue weighted by Crippen LogP contribution is -2.50. The first kappa shape index (κ1) is 13.3. The summed E-state index contributed by atoms with van der Waals surface area (Å²) in [7, 11) is 0. The van der Waals surface area contributed by atoms with Gasteiger partial charge in [0.25, 0.3) is 5.91 Å². The summed E-state index contributed by atoms with van der Waals surface area (Å²) < 4.78 is 5.76. The van der Waals surface area contributed by atoms with Crippen molar-refractivity contribution in [1.29, 1.82) is 0 Å². The molecule has 1 aromatic carbocycles. The number of aryl methyl sites for hydroxylation is 1. The Hall–Kier alpha value is -1.72. The summed E-state index contributed by atoms with van der Waals surface area (Å²) in [5.41, 5.74) is 2.44. The van der Waals surface area contributed by atoms with Gasteiger partial charge in [0, 0.05) is 26.2 Å². The van der Waals surface area contributed by atoms with E-state index in [0.29, 0.717) is 19.4 Å². The number of carbonyl (C=O) groups excluding carboxylic acids is 2. The highest BCUT2D eigenvalue weighted by Gasteiger charge is 2.45. The van der Waals surface area contributed by atoms with Crippen molar-refractivity contribution in [2.45, 2.75) is 19.3 Å². The lowest BCUT2D eigenvalue weighted by Gasteiger charge is -2.32. The number of carbonyl (C=O) groups is 2. The van der Waals surface area contributed by atoms with Crippen LogP contribution >= 0.6 is 0 Å². The Bertz CT molecular complexity index is 506. The van der Waals surface area contributed by atoms with Gasteiger partial charge in [-0.2, -0.15) is 0 Å². The van der Waals surface area contributed by atoms with E-state index in [0.717, 1.165) is 13.1 Å². The molecule has 106 valence electrons. The van der Waals surface area contributed by atoms with Gasteiger partial charge in [0.15, 0.2) is 0 Å². The number of amides is 1. The van der Waals surface area contributed by atoms with Crippen molar-refractivity contribution in [3.8, 4) is 0 Å². The van der Waals surface area contributed by atoms with E-state index in [-0.39, 0.29) is 12.3 Å². The van der Waals surface area contributed by atoms with Crippen LogP contribution in [-0.2, 0) is 14.3 Å². The molecule has 0 bridgehead atoms. The molecule has 2 unspecified atom stereocenters. The van der Waals surface area contributed by atoms with E-state index in [9.17, 15) is 9.59 Å². The van der Waals surface area contributed by atoms with Crippen LogP contribution in [0.3, 0.4) is 0 Å². The number of hydrogen-bond acceptors (Lipinski definition) is 4. The Balaban J connectivity index is 1.54. The fourth-order valence-electron chi connectivity index (χ4n) is 2.65. The molecule has 2 aliphatic rings. The van der Waals surface area contributed by atoms with Gasteiger partial charge < -0.3 is 9.64 Å². The van der Waals surface area contributed by atoms with Crippen molar-refractivity contribution in [1.82, 2.24) is 9.80 Å². The largest absolute Gasteiger partial charge is 0.348 e. The maximum Gasteiger partial charge on any atom is 0.286 e. The van der Waals surface area contributed by atoms with Crippen molar-refractivity contribution in [2.75, 3.05) is 26.2 Å². The standard InChI is InChI=1S/C15H18N2O3/c1-11-2-4-12(5-3-11)14-15(20-14)17-8-6-16(7-9-17)13(19)10-18/h2-5,10,14-15H,6-9H2,1H3.